The highest BCUT2D eigenvalue weighted by Crippen LogP contribution is 2.44. The second-order valence-electron chi connectivity index (χ2n) is 6.82. The van der Waals surface area contributed by atoms with Gasteiger partial charge < -0.3 is 5.32 Å². The number of thiophene rings is 1. The molecular weight excluding hydrogens is 346 g/mol. The second-order valence-corrected chi connectivity index (χ2v) is 7.87. The zero-order chi connectivity index (χ0) is 18.2. The van der Waals surface area contributed by atoms with Gasteiger partial charge in [-0.25, -0.2) is 0 Å². The van der Waals surface area contributed by atoms with Crippen molar-refractivity contribution >= 4 is 42.9 Å². The molecule has 130 valence electrons. The van der Waals surface area contributed by atoms with E-state index in [2.05, 4.69) is 103 Å². The smallest absolute Gasteiger partial charge is 0.0645 e. The Hall–Kier alpha value is -3.10. The van der Waals surface area contributed by atoms with Gasteiger partial charge in [0, 0.05) is 26.7 Å². The summed E-state index contributed by atoms with van der Waals surface area (Å²) in [5.74, 6) is 0. The monoisotopic (exact) mass is 365 g/mol. The third-order valence-corrected chi connectivity index (χ3v) is 6.16. The van der Waals surface area contributed by atoms with Crippen molar-refractivity contribution in [2.45, 2.75) is 6.92 Å². The van der Waals surface area contributed by atoms with Crippen LogP contribution < -0.4 is 5.32 Å². The van der Waals surface area contributed by atoms with Crippen LogP contribution >= 0.6 is 11.3 Å². The van der Waals surface area contributed by atoms with Crippen molar-refractivity contribution in [1.82, 2.24) is 0 Å². The molecule has 0 radical (unpaired) electrons. The van der Waals surface area contributed by atoms with Gasteiger partial charge in [-0.05, 0) is 30.7 Å². The first-order valence-electron chi connectivity index (χ1n) is 9.13. The van der Waals surface area contributed by atoms with Gasteiger partial charge in [-0.3, -0.25) is 0 Å². The highest BCUT2D eigenvalue weighted by atomic mass is 32.1. The predicted molar refractivity (Wildman–Crippen MR) is 119 cm³/mol. The zero-order valence-corrected chi connectivity index (χ0v) is 15.9. The third kappa shape index (κ3) is 2.88. The summed E-state index contributed by atoms with van der Waals surface area (Å²) in [5.41, 5.74) is 6.03. The van der Waals surface area contributed by atoms with Crippen molar-refractivity contribution in [3.8, 4) is 11.1 Å². The van der Waals surface area contributed by atoms with Crippen molar-refractivity contribution in [2.24, 2.45) is 0 Å². The van der Waals surface area contributed by atoms with Gasteiger partial charge in [0.2, 0.25) is 0 Å². The van der Waals surface area contributed by atoms with E-state index in [0.29, 0.717) is 0 Å². The van der Waals surface area contributed by atoms with Crippen LogP contribution in [0.1, 0.15) is 5.56 Å². The lowest BCUT2D eigenvalue weighted by Gasteiger charge is -2.14. The van der Waals surface area contributed by atoms with Gasteiger partial charge in [-0.1, -0.05) is 78.4 Å². The maximum atomic E-state index is 3.71. The molecule has 2 heteroatoms. The minimum Gasteiger partial charge on any atom is -0.354 e. The maximum Gasteiger partial charge on any atom is 0.0645 e. The van der Waals surface area contributed by atoms with Crippen LogP contribution in [0.5, 0.6) is 0 Å². The molecule has 0 bridgehead atoms. The summed E-state index contributed by atoms with van der Waals surface area (Å²) >= 11 is 1.86. The van der Waals surface area contributed by atoms with E-state index in [9.17, 15) is 0 Å². The highest BCUT2D eigenvalue weighted by Gasteiger charge is 2.14. The molecule has 1 N–H and O–H groups in total. The lowest BCUT2D eigenvalue weighted by atomic mass is 10.0. The van der Waals surface area contributed by atoms with E-state index >= 15 is 0 Å². The van der Waals surface area contributed by atoms with Gasteiger partial charge >= 0.3 is 0 Å². The third-order valence-electron chi connectivity index (χ3n) is 4.95. The fraction of sp³-hybridized carbons (Fsp3) is 0.0400. The molecule has 0 aliphatic carbocycles. The molecule has 27 heavy (non-hydrogen) atoms. The van der Waals surface area contributed by atoms with Gasteiger partial charge in [0.15, 0.2) is 0 Å². The minimum atomic E-state index is 1.11. The summed E-state index contributed by atoms with van der Waals surface area (Å²) in [6, 6.07) is 32.4. The van der Waals surface area contributed by atoms with Crippen LogP contribution in [-0.4, -0.2) is 0 Å². The summed E-state index contributed by atoms with van der Waals surface area (Å²) < 4.78 is 2.63. The Labute approximate surface area is 162 Å². The van der Waals surface area contributed by atoms with E-state index in [1.54, 1.807) is 0 Å². The molecule has 1 nitrogen and oxygen atoms in total. The predicted octanol–water partition coefficient (Wildman–Crippen LogP) is 7.77. The molecule has 0 atom stereocenters. The van der Waals surface area contributed by atoms with Gasteiger partial charge in [0.1, 0.15) is 0 Å². The number of nitrogens with one attached hydrogen (secondary N) is 1. The molecule has 0 fully saturated rings. The molecule has 0 aliphatic heterocycles. The number of anilines is 2. The molecule has 5 rings (SSSR count). The summed E-state index contributed by atoms with van der Waals surface area (Å²) in [5, 5.41) is 6.35. The average Bonchev–Trinajstić information content (AvgIpc) is 3.10. The fourth-order valence-corrected chi connectivity index (χ4v) is 4.76. The van der Waals surface area contributed by atoms with Crippen molar-refractivity contribution < 1.29 is 0 Å². The van der Waals surface area contributed by atoms with Gasteiger partial charge in [-0.2, -0.15) is 0 Å². The molecule has 0 saturated heterocycles. The Kier molecular flexibility index (Phi) is 3.92. The van der Waals surface area contributed by atoms with Gasteiger partial charge in [-0.15, -0.1) is 11.3 Å². The first-order chi connectivity index (χ1) is 13.3. The van der Waals surface area contributed by atoms with Gasteiger partial charge in [0.25, 0.3) is 0 Å². The van der Waals surface area contributed by atoms with E-state index < -0.39 is 0 Å². The number of hydrogen-bond donors (Lipinski definition) is 1. The van der Waals surface area contributed by atoms with Crippen molar-refractivity contribution in [2.75, 3.05) is 5.32 Å². The molecular formula is C25H19NS. The molecule has 5 aromatic rings. The summed E-state index contributed by atoms with van der Waals surface area (Å²) in [6.45, 7) is 2.12. The Bertz CT molecular complexity index is 1230. The summed E-state index contributed by atoms with van der Waals surface area (Å²) in [7, 11) is 0. The first kappa shape index (κ1) is 16.1. The van der Waals surface area contributed by atoms with E-state index in [-0.39, 0.29) is 0 Å². The lowest BCUT2D eigenvalue weighted by molar-refractivity contribution is 1.46. The van der Waals surface area contributed by atoms with E-state index in [1.165, 1.54) is 42.6 Å². The number of fused-ring (bicyclic) bond motifs is 3. The Morgan fingerprint density at radius 2 is 1.41 bits per heavy atom. The number of rotatable bonds is 3. The molecule has 0 spiro atoms. The lowest BCUT2D eigenvalue weighted by Crippen LogP contribution is -1.94. The normalized spacial score (nSPS) is 11.1. The van der Waals surface area contributed by atoms with Crippen LogP contribution in [0.2, 0.25) is 0 Å². The molecule has 0 amide bonds. The Morgan fingerprint density at radius 1 is 0.667 bits per heavy atom. The van der Waals surface area contributed by atoms with E-state index in [1.807, 2.05) is 11.3 Å². The average molecular weight is 366 g/mol. The zero-order valence-electron chi connectivity index (χ0n) is 15.1. The van der Waals surface area contributed by atoms with E-state index in [4.69, 9.17) is 0 Å². The Balaban J connectivity index is 1.78. The molecule has 0 saturated carbocycles. The topological polar surface area (TPSA) is 12.0 Å². The van der Waals surface area contributed by atoms with Crippen LogP contribution in [0, 0.1) is 6.92 Å². The van der Waals surface area contributed by atoms with Crippen molar-refractivity contribution in [3.63, 3.8) is 0 Å². The maximum absolute atomic E-state index is 3.71. The number of hydrogen-bond acceptors (Lipinski definition) is 2. The van der Waals surface area contributed by atoms with Crippen LogP contribution in [0.4, 0.5) is 11.4 Å². The van der Waals surface area contributed by atoms with Crippen molar-refractivity contribution in [3.05, 3.63) is 96.6 Å². The summed E-state index contributed by atoms with van der Waals surface area (Å²) in [4.78, 5) is 0. The number of benzene rings is 4. The molecule has 0 unspecified atom stereocenters. The van der Waals surface area contributed by atoms with Crippen LogP contribution in [-0.2, 0) is 0 Å². The summed E-state index contributed by atoms with van der Waals surface area (Å²) in [6.07, 6.45) is 0. The van der Waals surface area contributed by atoms with E-state index in [0.717, 1.165) is 5.69 Å². The van der Waals surface area contributed by atoms with Gasteiger partial charge in [0.05, 0.1) is 10.4 Å². The largest absolute Gasteiger partial charge is 0.354 e. The fourth-order valence-electron chi connectivity index (χ4n) is 3.55. The quantitative estimate of drug-likeness (QED) is 0.344. The van der Waals surface area contributed by atoms with Crippen LogP contribution in [0.15, 0.2) is 91.0 Å². The number of aryl methyl sites for hydroxylation is 1. The molecule has 0 aliphatic rings. The first-order valence-corrected chi connectivity index (χ1v) is 9.94. The van der Waals surface area contributed by atoms with Crippen molar-refractivity contribution in [1.29, 1.82) is 0 Å². The molecule has 1 aromatic heterocycles. The highest BCUT2D eigenvalue weighted by molar-refractivity contribution is 7.26. The Morgan fingerprint density at radius 3 is 2.22 bits per heavy atom. The van der Waals surface area contributed by atoms with Crippen LogP contribution in [0.25, 0.3) is 31.3 Å². The SMILES string of the molecule is Cc1ccc(Nc2c(-c3ccccc3)ccc3c2sc2ccccc23)cc1. The molecule has 4 aromatic carbocycles. The minimum absolute atomic E-state index is 1.11. The second kappa shape index (κ2) is 6.57. The van der Waals surface area contributed by atoms with Crippen LogP contribution in [0.3, 0.4) is 0 Å². The molecule has 1 heterocycles. The standard InChI is InChI=1S/C25H19NS/c1-17-11-13-19(14-12-17)26-24-20(18-7-3-2-4-8-18)15-16-22-21-9-5-6-10-23(21)27-25(22)24/h2-16,26H,1H3.